The molecule has 1 aliphatic rings. The lowest BCUT2D eigenvalue weighted by atomic mass is 10.2. The number of rotatable bonds is 4. The first-order valence-corrected chi connectivity index (χ1v) is 6.07. The third kappa shape index (κ3) is 2.68. The van der Waals surface area contributed by atoms with Crippen molar-refractivity contribution in [1.82, 2.24) is 0 Å². The van der Waals surface area contributed by atoms with Gasteiger partial charge in [-0.05, 0) is 12.1 Å². The minimum Gasteiger partial charge on any atom is -0.493 e. The van der Waals surface area contributed by atoms with E-state index in [1.165, 1.54) is 0 Å². The normalized spacial score (nSPS) is 19.7. The predicted octanol–water partition coefficient (Wildman–Crippen LogP) is 0.868. The Morgan fingerprint density at radius 3 is 2.78 bits per heavy atom. The fourth-order valence-electron chi connectivity index (χ4n) is 2.12. The van der Waals surface area contributed by atoms with E-state index in [1.54, 1.807) is 14.2 Å². The van der Waals surface area contributed by atoms with Gasteiger partial charge in [0.15, 0.2) is 11.5 Å². The molecule has 1 aromatic carbocycles. The Labute approximate surface area is 107 Å². The molecule has 1 saturated heterocycles. The standard InChI is InChI=1S/C13H20N2O3/c1-16-12-4-3-10(7-13(12)17-2)15-5-6-18-11(8-14)9-15/h3-4,7,11H,5-6,8-9,14H2,1-2H3. The zero-order valence-electron chi connectivity index (χ0n) is 10.9. The fraction of sp³-hybridized carbons (Fsp3) is 0.538. The summed E-state index contributed by atoms with van der Waals surface area (Å²) in [6, 6.07) is 5.93. The van der Waals surface area contributed by atoms with Gasteiger partial charge in [-0.15, -0.1) is 0 Å². The van der Waals surface area contributed by atoms with Gasteiger partial charge >= 0.3 is 0 Å². The molecule has 0 amide bonds. The molecule has 2 rings (SSSR count). The molecule has 2 N–H and O–H groups in total. The highest BCUT2D eigenvalue weighted by atomic mass is 16.5. The average molecular weight is 252 g/mol. The molecule has 5 nitrogen and oxygen atoms in total. The van der Waals surface area contributed by atoms with E-state index in [-0.39, 0.29) is 6.10 Å². The van der Waals surface area contributed by atoms with Crippen molar-refractivity contribution in [2.45, 2.75) is 6.10 Å². The molecule has 0 saturated carbocycles. The lowest BCUT2D eigenvalue weighted by Crippen LogP contribution is -2.45. The van der Waals surface area contributed by atoms with Crippen LogP contribution in [-0.2, 0) is 4.74 Å². The molecule has 1 aliphatic heterocycles. The highest BCUT2D eigenvalue weighted by Crippen LogP contribution is 2.32. The number of anilines is 1. The van der Waals surface area contributed by atoms with E-state index >= 15 is 0 Å². The van der Waals surface area contributed by atoms with Crippen molar-refractivity contribution in [2.24, 2.45) is 5.73 Å². The topological polar surface area (TPSA) is 57.0 Å². The first-order valence-electron chi connectivity index (χ1n) is 6.07. The quantitative estimate of drug-likeness (QED) is 0.861. The van der Waals surface area contributed by atoms with Crippen molar-refractivity contribution in [2.75, 3.05) is 45.4 Å². The monoisotopic (exact) mass is 252 g/mol. The van der Waals surface area contributed by atoms with Gasteiger partial charge in [-0.2, -0.15) is 0 Å². The van der Waals surface area contributed by atoms with Crippen molar-refractivity contribution in [3.05, 3.63) is 18.2 Å². The van der Waals surface area contributed by atoms with Crippen LogP contribution in [0.5, 0.6) is 11.5 Å². The predicted molar refractivity (Wildman–Crippen MR) is 70.6 cm³/mol. The van der Waals surface area contributed by atoms with Crippen LogP contribution < -0.4 is 20.1 Å². The van der Waals surface area contributed by atoms with E-state index < -0.39 is 0 Å². The number of hydrogen-bond acceptors (Lipinski definition) is 5. The van der Waals surface area contributed by atoms with Gasteiger partial charge in [0.25, 0.3) is 0 Å². The largest absolute Gasteiger partial charge is 0.493 e. The highest BCUT2D eigenvalue weighted by Gasteiger charge is 2.20. The molecule has 18 heavy (non-hydrogen) atoms. The van der Waals surface area contributed by atoms with Gasteiger partial charge < -0.3 is 24.8 Å². The van der Waals surface area contributed by atoms with Gasteiger partial charge in [0.2, 0.25) is 0 Å². The molecule has 1 heterocycles. The number of nitrogens with zero attached hydrogens (tertiary/aromatic N) is 1. The molecule has 0 spiro atoms. The van der Waals surface area contributed by atoms with Crippen LogP contribution in [0, 0.1) is 0 Å². The molecule has 0 aliphatic carbocycles. The maximum absolute atomic E-state index is 5.65. The molecule has 1 fully saturated rings. The Balaban J connectivity index is 2.17. The number of nitrogens with two attached hydrogens (primary N) is 1. The SMILES string of the molecule is COc1ccc(N2CCOC(CN)C2)cc1OC. The summed E-state index contributed by atoms with van der Waals surface area (Å²) in [5.74, 6) is 1.48. The van der Waals surface area contributed by atoms with Gasteiger partial charge in [0, 0.05) is 31.4 Å². The van der Waals surface area contributed by atoms with Crippen LogP contribution in [0.2, 0.25) is 0 Å². The van der Waals surface area contributed by atoms with Crippen LogP contribution in [-0.4, -0.2) is 46.6 Å². The number of morpholine rings is 1. The molecule has 100 valence electrons. The average Bonchev–Trinajstić information content (AvgIpc) is 2.46. The van der Waals surface area contributed by atoms with Crippen LogP contribution in [0.3, 0.4) is 0 Å². The molecule has 1 unspecified atom stereocenters. The Kier molecular flexibility index (Phi) is 4.28. The summed E-state index contributed by atoms with van der Waals surface area (Å²) in [5, 5.41) is 0. The Bertz CT molecular complexity index is 398. The smallest absolute Gasteiger partial charge is 0.162 e. The minimum atomic E-state index is 0.104. The van der Waals surface area contributed by atoms with Gasteiger partial charge in [-0.25, -0.2) is 0 Å². The second-order valence-corrected chi connectivity index (χ2v) is 4.21. The van der Waals surface area contributed by atoms with E-state index in [4.69, 9.17) is 19.9 Å². The zero-order chi connectivity index (χ0) is 13.0. The summed E-state index contributed by atoms with van der Waals surface area (Å²) in [4.78, 5) is 2.25. The van der Waals surface area contributed by atoms with Crippen molar-refractivity contribution in [3.8, 4) is 11.5 Å². The van der Waals surface area contributed by atoms with Gasteiger partial charge in [-0.1, -0.05) is 0 Å². The number of hydrogen-bond donors (Lipinski definition) is 1. The summed E-state index contributed by atoms with van der Waals surface area (Å²) in [6.07, 6.45) is 0.104. The molecule has 1 aromatic rings. The zero-order valence-corrected chi connectivity index (χ0v) is 10.9. The van der Waals surface area contributed by atoms with Crippen LogP contribution in [0.1, 0.15) is 0 Å². The van der Waals surface area contributed by atoms with Gasteiger partial charge in [0.05, 0.1) is 26.9 Å². The lowest BCUT2D eigenvalue weighted by molar-refractivity contribution is 0.0465. The molecular formula is C13H20N2O3. The molecule has 0 aromatic heterocycles. The number of methoxy groups -OCH3 is 2. The molecule has 5 heteroatoms. The van der Waals surface area contributed by atoms with Crippen molar-refractivity contribution in [1.29, 1.82) is 0 Å². The summed E-state index contributed by atoms with van der Waals surface area (Å²) >= 11 is 0. The fourth-order valence-corrected chi connectivity index (χ4v) is 2.12. The van der Waals surface area contributed by atoms with E-state index in [0.29, 0.717) is 13.2 Å². The summed E-state index contributed by atoms with van der Waals surface area (Å²) in [5.41, 5.74) is 6.75. The van der Waals surface area contributed by atoms with Crippen LogP contribution >= 0.6 is 0 Å². The maximum atomic E-state index is 5.65. The van der Waals surface area contributed by atoms with Gasteiger partial charge in [-0.3, -0.25) is 0 Å². The Morgan fingerprint density at radius 2 is 2.11 bits per heavy atom. The van der Waals surface area contributed by atoms with Gasteiger partial charge in [0.1, 0.15) is 0 Å². The van der Waals surface area contributed by atoms with E-state index in [0.717, 1.165) is 30.3 Å². The van der Waals surface area contributed by atoms with Crippen molar-refractivity contribution in [3.63, 3.8) is 0 Å². The second kappa shape index (κ2) is 5.93. The molecular weight excluding hydrogens is 232 g/mol. The number of benzene rings is 1. The molecule has 0 radical (unpaired) electrons. The Hall–Kier alpha value is -1.46. The Morgan fingerprint density at radius 1 is 1.33 bits per heavy atom. The first-order chi connectivity index (χ1) is 8.78. The molecule has 1 atom stereocenters. The summed E-state index contributed by atoms with van der Waals surface area (Å²) < 4.78 is 16.1. The van der Waals surface area contributed by atoms with Crippen molar-refractivity contribution >= 4 is 5.69 Å². The summed E-state index contributed by atoms with van der Waals surface area (Å²) in [6.45, 7) is 2.93. The van der Waals surface area contributed by atoms with Crippen LogP contribution in [0.15, 0.2) is 18.2 Å². The molecule has 0 bridgehead atoms. The lowest BCUT2D eigenvalue weighted by Gasteiger charge is -2.34. The van der Waals surface area contributed by atoms with E-state index in [9.17, 15) is 0 Å². The maximum Gasteiger partial charge on any atom is 0.162 e. The van der Waals surface area contributed by atoms with Crippen LogP contribution in [0.25, 0.3) is 0 Å². The third-order valence-electron chi connectivity index (χ3n) is 3.13. The number of ether oxygens (including phenoxy) is 3. The van der Waals surface area contributed by atoms with E-state index in [1.807, 2.05) is 18.2 Å². The van der Waals surface area contributed by atoms with Crippen molar-refractivity contribution < 1.29 is 14.2 Å². The van der Waals surface area contributed by atoms with E-state index in [2.05, 4.69) is 4.90 Å². The first kappa shape index (κ1) is 13.0. The minimum absolute atomic E-state index is 0.104. The second-order valence-electron chi connectivity index (χ2n) is 4.21. The highest BCUT2D eigenvalue weighted by molar-refractivity contribution is 5.56. The third-order valence-corrected chi connectivity index (χ3v) is 3.13. The van der Waals surface area contributed by atoms with Crippen LogP contribution in [0.4, 0.5) is 5.69 Å². The summed E-state index contributed by atoms with van der Waals surface area (Å²) in [7, 11) is 3.28.